The van der Waals surface area contributed by atoms with E-state index in [0.29, 0.717) is 0 Å². The van der Waals surface area contributed by atoms with Crippen molar-refractivity contribution in [3.63, 3.8) is 0 Å². The maximum atomic E-state index is 11.8. The second kappa shape index (κ2) is 4.26. The first-order chi connectivity index (χ1) is 8.01. The molecule has 0 amide bonds. The first-order valence-electron chi connectivity index (χ1n) is 5.74. The van der Waals surface area contributed by atoms with Crippen molar-refractivity contribution in [3.05, 3.63) is 35.4 Å². The van der Waals surface area contributed by atoms with Crippen molar-refractivity contribution in [3.8, 4) is 0 Å². The van der Waals surface area contributed by atoms with Crippen molar-refractivity contribution in [1.29, 1.82) is 0 Å². The standard InChI is InChI=1S/C13H16O3S/c1-3-17(15,16)13-11(8-14)12(13)10-6-4-9(2)5-7-10/h4-8,11-13H,3H2,1-2H3/t11-,12+,13+/m1/s1. The van der Waals surface area contributed by atoms with Crippen LogP contribution >= 0.6 is 0 Å². The molecule has 0 spiro atoms. The van der Waals surface area contributed by atoms with Crippen LogP contribution in [0.2, 0.25) is 0 Å². The van der Waals surface area contributed by atoms with Gasteiger partial charge in [-0.2, -0.15) is 0 Å². The van der Waals surface area contributed by atoms with E-state index in [1.54, 1.807) is 6.92 Å². The SMILES string of the molecule is CCS(=O)(=O)[C@H]1[C@H](C=O)[C@@H]1c1ccc(C)cc1. The molecule has 0 radical (unpaired) electrons. The highest BCUT2D eigenvalue weighted by Gasteiger charge is 2.57. The molecule has 3 nitrogen and oxygen atoms in total. The molecule has 1 saturated carbocycles. The number of aryl methyl sites for hydroxylation is 1. The third kappa shape index (κ3) is 2.14. The minimum absolute atomic E-state index is 0.102. The highest BCUT2D eigenvalue weighted by atomic mass is 32.2. The topological polar surface area (TPSA) is 51.2 Å². The quantitative estimate of drug-likeness (QED) is 0.767. The summed E-state index contributed by atoms with van der Waals surface area (Å²) in [7, 11) is -3.12. The minimum Gasteiger partial charge on any atom is -0.303 e. The van der Waals surface area contributed by atoms with E-state index in [1.807, 2.05) is 31.2 Å². The van der Waals surface area contributed by atoms with Gasteiger partial charge < -0.3 is 4.79 Å². The average molecular weight is 252 g/mol. The molecule has 92 valence electrons. The lowest BCUT2D eigenvalue weighted by molar-refractivity contribution is -0.108. The minimum atomic E-state index is -3.12. The molecule has 0 bridgehead atoms. The Morgan fingerprint density at radius 1 is 1.24 bits per heavy atom. The lowest BCUT2D eigenvalue weighted by Crippen LogP contribution is -2.12. The number of hydrogen-bond acceptors (Lipinski definition) is 3. The number of benzene rings is 1. The number of hydrogen-bond donors (Lipinski definition) is 0. The fourth-order valence-corrected chi connectivity index (χ4v) is 4.11. The molecule has 2 rings (SSSR count). The fraction of sp³-hybridized carbons (Fsp3) is 0.462. The first-order valence-corrected chi connectivity index (χ1v) is 7.46. The van der Waals surface area contributed by atoms with Crippen molar-refractivity contribution in [2.45, 2.75) is 25.0 Å². The van der Waals surface area contributed by atoms with Gasteiger partial charge in [0.05, 0.1) is 5.25 Å². The summed E-state index contributed by atoms with van der Waals surface area (Å²) in [6, 6.07) is 7.74. The summed E-state index contributed by atoms with van der Waals surface area (Å²) < 4.78 is 23.6. The van der Waals surface area contributed by atoms with Crippen molar-refractivity contribution in [2.75, 3.05) is 5.75 Å². The van der Waals surface area contributed by atoms with Gasteiger partial charge in [-0.3, -0.25) is 0 Å². The summed E-state index contributed by atoms with van der Waals surface area (Å²) >= 11 is 0. The second-order valence-corrected chi connectivity index (χ2v) is 7.01. The Balaban J connectivity index is 2.29. The number of carbonyl (C=O) groups excluding carboxylic acids is 1. The Morgan fingerprint density at radius 3 is 2.29 bits per heavy atom. The molecule has 0 N–H and O–H groups in total. The van der Waals surface area contributed by atoms with Crippen LogP contribution in [0.5, 0.6) is 0 Å². The van der Waals surface area contributed by atoms with Crippen LogP contribution in [0.15, 0.2) is 24.3 Å². The average Bonchev–Trinajstić information content (AvgIpc) is 3.05. The third-order valence-electron chi connectivity index (χ3n) is 3.44. The van der Waals surface area contributed by atoms with E-state index in [0.717, 1.165) is 17.4 Å². The monoisotopic (exact) mass is 252 g/mol. The summed E-state index contributed by atoms with van der Waals surface area (Å²) in [4.78, 5) is 10.9. The van der Waals surface area contributed by atoms with Gasteiger partial charge in [-0.1, -0.05) is 36.8 Å². The van der Waals surface area contributed by atoms with Crippen LogP contribution in [-0.2, 0) is 14.6 Å². The molecule has 0 aromatic heterocycles. The predicted molar refractivity (Wildman–Crippen MR) is 66.7 cm³/mol. The zero-order valence-corrected chi connectivity index (χ0v) is 10.8. The first kappa shape index (κ1) is 12.3. The van der Waals surface area contributed by atoms with Gasteiger partial charge in [0, 0.05) is 17.6 Å². The molecule has 0 aliphatic heterocycles. The summed E-state index contributed by atoms with van der Waals surface area (Å²) in [5, 5.41) is -0.507. The Hall–Kier alpha value is -1.16. The van der Waals surface area contributed by atoms with Gasteiger partial charge in [0.25, 0.3) is 0 Å². The van der Waals surface area contributed by atoms with Crippen molar-refractivity contribution in [1.82, 2.24) is 0 Å². The molecule has 1 aliphatic carbocycles. The van der Waals surface area contributed by atoms with Crippen LogP contribution in [0, 0.1) is 12.8 Å². The van der Waals surface area contributed by atoms with E-state index >= 15 is 0 Å². The molecule has 3 atom stereocenters. The summed E-state index contributed by atoms with van der Waals surface area (Å²) in [5.41, 5.74) is 2.08. The van der Waals surface area contributed by atoms with Gasteiger partial charge in [0.15, 0.2) is 9.84 Å². The molecule has 17 heavy (non-hydrogen) atoms. The van der Waals surface area contributed by atoms with Crippen LogP contribution in [0.4, 0.5) is 0 Å². The third-order valence-corrected chi connectivity index (χ3v) is 5.69. The molecule has 0 heterocycles. The lowest BCUT2D eigenvalue weighted by Gasteiger charge is -2.01. The summed E-state index contributed by atoms with van der Waals surface area (Å²) in [6.45, 7) is 3.61. The van der Waals surface area contributed by atoms with Gasteiger partial charge in [-0.25, -0.2) is 8.42 Å². The Morgan fingerprint density at radius 2 is 1.82 bits per heavy atom. The van der Waals surface area contributed by atoms with Gasteiger partial charge >= 0.3 is 0 Å². The van der Waals surface area contributed by atoms with E-state index in [1.165, 1.54) is 0 Å². The van der Waals surface area contributed by atoms with Crippen molar-refractivity contribution >= 4 is 16.1 Å². The normalized spacial score (nSPS) is 27.8. The van der Waals surface area contributed by atoms with E-state index in [2.05, 4.69) is 0 Å². The number of aldehydes is 1. The van der Waals surface area contributed by atoms with Crippen molar-refractivity contribution < 1.29 is 13.2 Å². The zero-order valence-electron chi connectivity index (χ0n) is 9.96. The summed E-state index contributed by atoms with van der Waals surface area (Å²) in [5.74, 6) is -0.398. The molecule has 1 aromatic carbocycles. The Kier molecular flexibility index (Phi) is 3.08. The van der Waals surface area contributed by atoms with Gasteiger partial charge in [0.2, 0.25) is 0 Å². The van der Waals surface area contributed by atoms with E-state index < -0.39 is 15.1 Å². The smallest absolute Gasteiger partial charge is 0.154 e. The number of sulfone groups is 1. The molecule has 4 heteroatoms. The maximum absolute atomic E-state index is 11.8. The van der Waals surface area contributed by atoms with E-state index in [-0.39, 0.29) is 17.6 Å². The second-order valence-electron chi connectivity index (χ2n) is 4.57. The van der Waals surface area contributed by atoms with Gasteiger partial charge in [0.1, 0.15) is 6.29 Å². The largest absolute Gasteiger partial charge is 0.303 e. The molecular weight excluding hydrogens is 236 g/mol. The maximum Gasteiger partial charge on any atom is 0.154 e. The van der Waals surface area contributed by atoms with E-state index in [4.69, 9.17) is 0 Å². The Bertz CT molecular complexity index is 516. The van der Waals surface area contributed by atoms with Crippen LogP contribution in [0.25, 0.3) is 0 Å². The predicted octanol–water partition coefficient (Wildman–Crippen LogP) is 1.71. The zero-order chi connectivity index (χ0) is 12.6. The van der Waals surface area contributed by atoms with E-state index in [9.17, 15) is 13.2 Å². The highest BCUT2D eigenvalue weighted by molar-refractivity contribution is 7.92. The molecule has 0 unspecified atom stereocenters. The molecule has 1 aromatic rings. The highest BCUT2D eigenvalue weighted by Crippen LogP contribution is 2.51. The fourth-order valence-electron chi connectivity index (χ4n) is 2.32. The lowest BCUT2D eigenvalue weighted by atomic mass is 10.1. The Labute approximate surface area is 102 Å². The number of carbonyl (C=O) groups is 1. The molecule has 1 fully saturated rings. The van der Waals surface area contributed by atoms with Crippen LogP contribution < -0.4 is 0 Å². The summed E-state index contributed by atoms with van der Waals surface area (Å²) in [6.07, 6.45) is 0.780. The van der Waals surface area contributed by atoms with Crippen LogP contribution in [0.3, 0.4) is 0 Å². The number of rotatable bonds is 4. The molecule has 0 saturated heterocycles. The molecule has 1 aliphatic rings. The van der Waals surface area contributed by atoms with Crippen LogP contribution in [-0.4, -0.2) is 25.7 Å². The molecular formula is C13H16O3S. The van der Waals surface area contributed by atoms with Crippen LogP contribution in [0.1, 0.15) is 24.0 Å². The van der Waals surface area contributed by atoms with Crippen molar-refractivity contribution in [2.24, 2.45) is 5.92 Å². The van der Waals surface area contributed by atoms with Gasteiger partial charge in [-0.15, -0.1) is 0 Å². The van der Waals surface area contributed by atoms with Gasteiger partial charge in [-0.05, 0) is 12.5 Å².